The van der Waals surface area contributed by atoms with E-state index < -0.39 is 5.97 Å². The Morgan fingerprint density at radius 3 is 2.68 bits per heavy atom. The van der Waals surface area contributed by atoms with Crippen LogP contribution in [0.25, 0.3) is 0 Å². The van der Waals surface area contributed by atoms with Gasteiger partial charge in [-0.15, -0.1) is 0 Å². The lowest BCUT2D eigenvalue weighted by molar-refractivity contribution is 0.0697. The second-order valence-corrected chi connectivity index (χ2v) is 5.24. The Hall–Kier alpha value is -1.52. The monoisotopic (exact) mass is 339 g/mol. The Labute approximate surface area is 124 Å². The van der Waals surface area contributed by atoms with Gasteiger partial charge in [-0.05, 0) is 45.8 Å². The molecule has 0 fully saturated rings. The molecule has 0 saturated heterocycles. The van der Waals surface area contributed by atoms with E-state index in [9.17, 15) is 9.90 Å². The van der Waals surface area contributed by atoms with Gasteiger partial charge in [0.1, 0.15) is 0 Å². The van der Waals surface area contributed by atoms with Crippen molar-refractivity contribution in [3.8, 4) is 0 Å². The molecule has 0 aliphatic heterocycles. The van der Waals surface area contributed by atoms with Crippen molar-refractivity contribution in [2.75, 3.05) is 5.32 Å². The number of anilines is 1. The Balaban J connectivity index is 2.20. The average Bonchev–Trinajstić information content (AvgIpc) is 2.36. The van der Waals surface area contributed by atoms with E-state index in [1.165, 1.54) is 0 Å². The maximum Gasteiger partial charge on any atom is 0.338 e. The number of hydrogen-bond donors (Lipinski definition) is 2. The van der Waals surface area contributed by atoms with Gasteiger partial charge in [0.15, 0.2) is 0 Å². The first-order valence-electron chi connectivity index (χ1n) is 5.58. The Bertz CT molecular complexity index is 616. The van der Waals surface area contributed by atoms with E-state index in [4.69, 9.17) is 11.6 Å². The molecule has 0 bridgehead atoms. The third-order valence-corrected chi connectivity index (χ3v) is 3.50. The normalized spacial score (nSPS) is 10.2. The molecule has 0 atom stereocenters. The van der Waals surface area contributed by atoms with Crippen LogP contribution in [0, 0.1) is 0 Å². The lowest BCUT2D eigenvalue weighted by Gasteiger charge is -2.11. The van der Waals surface area contributed by atoms with Crippen molar-refractivity contribution in [3.05, 3.63) is 63.1 Å². The maximum atomic E-state index is 11.2. The van der Waals surface area contributed by atoms with Crippen molar-refractivity contribution in [1.82, 2.24) is 0 Å². The second-order valence-electron chi connectivity index (χ2n) is 3.95. The molecule has 0 radical (unpaired) electrons. The first-order valence-corrected chi connectivity index (χ1v) is 6.75. The van der Waals surface area contributed by atoms with Crippen molar-refractivity contribution in [2.45, 2.75) is 6.54 Å². The zero-order chi connectivity index (χ0) is 13.8. The van der Waals surface area contributed by atoms with Gasteiger partial charge < -0.3 is 10.4 Å². The highest BCUT2D eigenvalue weighted by Crippen LogP contribution is 2.25. The van der Waals surface area contributed by atoms with Crippen LogP contribution in [0.4, 0.5) is 5.69 Å². The van der Waals surface area contributed by atoms with E-state index in [0.29, 0.717) is 21.7 Å². The lowest BCUT2D eigenvalue weighted by atomic mass is 10.1. The quantitative estimate of drug-likeness (QED) is 0.866. The first kappa shape index (κ1) is 13.9. The largest absolute Gasteiger partial charge is 0.478 e. The molecule has 2 aromatic rings. The molecule has 2 rings (SSSR count). The number of carboxylic acids is 1. The molecule has 0 amide bonds. The highest BCUT2D eigenvalue weighted by molar-refractivity contribution is 9.10. The van der Waals surface area contributed by atoms with E-state index in [1.54, 1.807) is 24.3 Å². The first-order chi connectivity index (χ1) is 9.08. The van der Waals surface area contributed by atoms with Gasteiger partial charge in [0.2, 0.25) is 0 Å². The van der Waals surface area contributed by atoms with E-state index in [0.717, 1.165) is 5.56 Å². The Kier molecular flexibility index (Phi) is 4.45. The molecule has 0 spiro atoms. The Morgan fingerprint density at radius 2 is 2.00 bits per heavy atom. The highest BCUT2D eigenvalue weighted by atomic mass is 79.9. The van der Waals surface area contributed by atoms with Crippen LogP contribution >= 0.6 is 27.5 Å². The average molecular weight is 341 g/mol. The number of carbonyl (C=O) groups is 1. The molecule has 3 nitrogen and oxygen atoms in total. The third-order valence-electron chi connectivity index (χ3n) is 2.60. The third kappa shape index (κ3) is 3.49. The van der Waals surface area contributed by atoms with Crippen LogP contribution in [0.5, 0.6) is 0 Å². The maximum absolute atomic E-state index is 11.2. The Morgan fingerprint density at radius 1 is 1.26 bits per heavy atom. The standard InChI is InChI=1S/C14H11BrClNO2/c15-11-5-2-6-12(13(11)14(18)19)17-8-9-3-1-4-10(16)7-9/h1-7,17H,8H2,(H,18,19). The van der Waals surface area contributed by atoms with Crippen LogP contribution < -0.4 is 5.32 Å². The van der Waals surface area contributed by atoms with Crippen molar-refractivity contribution >= 4 is 39.2 Å². The van der Waals surface area contributed by atoms with E-state index in [2.05, 4.69) is 21.2 Å². The summed E-state index contributed by atoms with van der Waals surface area (Å²) in [4.78, 5) is 11.2. The highest BCUT2D eigenvalue weighted by Gasteiger charge is 2.13. The summed E-state index contributed by atoms with van der Waals surface area (Å²) in [6, 6.07) is 12.7. The van der Waals surface area contributed by atoms with Gasteiger partial charge in [-0.2, -0.15) is 0 Å². The number of rotatable bonds is 4. The molecule has 0 unspecified atom stereocenters. The molecule has 0 aliphatic carbocycles. The number of aromatic carboxylic acids is 1. The van der Waals surface area contributed by atoms with Gasteiger partial charge in [0.25, 0.3) is 0 Å². The SMILES string of the molecule is O=C(O)c1c(Br)cccc1NCc1cccc(Cl)c1. The smallest absolute Gasteiger partial charge is 0.338 e. The summed E-state index contributed by atoms with van der Waals surface area (Å²) in [5, 5.41) is 13.0. The van der Waals surface area contributed by atoms with Crippen LogP contribution in [-0.4, -0.2) is 11.1 Å². The molecule has 0 aliphatic rings. The van der Waals surface area contributed by atoms with Gasteiger partial charge in [0, 0.05) is 16.0 Å². The number of halogens is 2. The van der Waals surface area contributed by atoms with Crippen LogP contribution in [0.2, 0.25) is 5.02 Å². The lowest BCUT2D eigenvalue weighted by Crippen LogP contribution is -2.07. The summed E-state index contributed by atoms with van der Waals surface area (Å²) < 4.78 is 0.552. The van der Waals surface area contributed by atoms with Crippen LogP contribution in [-0.2, 0) is 6.54 Å². The fourth-order valence-corrected chi connectivity index (χ4v) is 2.48. The minimum Gasteiger partial charge on any atom is -0.478 e. The van der Waals surface area contributed by atoms with Gasteiger partial charge in [-0.25, -0.2) is 4.79 Å². The fourth-order valence-electron chi connectivity index (χ4n) is 1.73. The van der Waals surface area contributed by atoms with E-state index >= 15 is 0 Å². The summed E-state index contributed by atoms with van der Waals surface area (Å²) in [6.45, 7) is 0.511. The summed E-state index contributed by atoms with van der Waals surface area (Å²) >= 11 is 9.15. The molecule has 0 aromatic heterocycles. The second kappa shape index (κ2) is 6.08. The van der Waals surface area contributed by atoms with Crippen LogP contribution in [0.15, 0.2) is 46.9 Å². The topological polar surface area (TPSA) is 49.3 Å². The minimum absolute atomic E-state index is 0.226. The molecule has 0 saturated carbocycles. The number of benzene rings is 2. The summed E-state index contributed by atoms with van der Waals surface area (Å²) in [6.07, 6.45) is 0. The molecule has 2 aromatic carbocycles. The van der Waals surface area contributed by atoms with Crippen molar-refractivity contribution in [2.24, 2.45) is 0 Å². The van der Waals surface area contributed by atoms with E-state index in [1.807, 2.05) is 18.2 Å². The predicted molar refractivity (Wildman–Crippen MR) is 79.9 cm³/mol. The summed E-state index contributed by atoms with van der Waals surface area (Å²) in [5.74, 6) is -0.971. The van der Waals surface area contributed by atoms with Crippen molar-refractivity contribution in [3.63, 3.8) is 0 Å². The molecular formula is C14H11BrClNO2. The number of hydrogen-bond acceptors (Lipinski definition) is 2. The van der Waals surface area contributed by atoms with Crippen LogP contribution in [0.3, 0.4) is 0 Å². The number of nitrogens with one attached hydrogen (secondary N) is 1. The fraction of sp³-hybridized carbons (Fsp3) is 0.0714. The zero-order valence-electron chi connectivity index (χ0n) is 9.86. The van der Waals surface area contributed by atoms with Gasteiger partial charge in [-0.1, -0.05) is 29.8 Å². The van der Waals surface area contributed by atoms with E-state index in [-0.39, 0.29) is 5.56 Å². The molecule has 2 N–H and O–H groups in total. The number of carboxylic acid groups (broad SMARTS) is 1. The molecular weight excluding hydrogens is 330 g/mol. The van der Waals surface area contributed by atoms with Gasteiger partial charge in [-0.3, -0.25) is 0 Å². The zero-order valence-corrected chi connectivity index (χ0v) is 12.2. The minimum atomic E-state index is -0.971. The summed E-state index contributed by atoms with van der Waals surface area (Å²) in [5.41, 5.74) is 1.79. The molecule has 5 heteroatoms. The van der Waals surface area contributed by atoms with Crippen LogP contribution in [0.1, 0.15) is 15.9 Å². The van der Waals surface area contributed by atoms with Gasteiger partial charge >= 0.3 is 5.97 Å². The van der Waals surface area contributed by atoms with Gasteiger partial charge in [0.05, 0.1) is 11.3 Å². The molecule has 0 heterocycles. The molecule has 98 valence electrons. The van der Waals surface area contributed by atoms with Crippen molar-refractivity contribution in [1.29, 1.82) is 0 Å². The predicted octanol–water partition coefficient (Wildman–Crippen LogP) is 4.41. The van der Waals surface area contributed by atoms with Crippen molar-refractivity contribution < 1.29 is 9.90 Å². The molecule has 19 heavy (non-hydrogen) atoms. The summed E-state index contributed by atoms with van der Waals surface area (Å²) in [7, 11) is 0.